The van der Waals surface area contributed by atoms with Crippen molar-refractivity contribution in [1.82, 2.24) is 19.1 Å². The summed E-state index contributed by atoms with van der Waals surface area (Å²) in [4.78, 5) is 10.9. The lowest BCUT2D eigenvalue weighted by atomic mass is 10.0. The van der Waals surface area contributed by atoms with E-state index >= 15 is 0 Å². The van der Waals surface area contributed by atoms with Gasteiger partial charge in [-0.1, -0.05) is 121 Å². The molecule has 0 atom stereocenters. The Morgan fingerprint density at radius 1 is 0.396 bits per heavy atom. The molecule has 5 nitrogen and oxygen atoms in total. The van der Waals surface area contributed by atoms with Gasteiger partial charge in [0.25, 0.3) is 0 Å². The molecule has 0 N–H and O–H groups in total. The Balaban J connectivity index is 1.28. The molecule has 0 saturated heterocycles. The molecule has 0 aliphatic carbocycles. The van der Waals surface area contributed by atoms with Gasteiger partial charge in [-0.25, -0.2) is 9.97 Å². The smallest absolute Gasteiger partial charge is 0.235 e. The van der Waals surface area contributed by atoms with E-state index < -0.39 is 0 Å². The minimum Gasteiger partial charge on any atom is -0.456 e. The number of hydrogen-bond donors (Lipinski definition) is 0. The molecule has 5 heteroatoms. The van der Waals surface area contributed by atoms with E-state index in [0.717, 1.165) is 93.4 Å². The molecule has 8 aromatic carbocycles. The molecular formula is C48H28N4O. The minimum absolute atomic E-state index is 0.642. The van der Waals surface area contributed by atoms with Gasteiger partial charge in [-0.2, -0.15) is 0 Å². The average Bonchev–Trinajstić information content (AvgIpc) is 3.88. The summed E-state index contributed by atoms with van der Waals surface area (Å²) in [6.07, 6.45) is 0. The topological polar surface area (TPSA) is 48.8 Å². The van der Waals surface area contributed by atoms with Crippen LogP contribution in [-0.4, -0.2) is 19.1 Å². The van der Waals surface area contributed by atoms with Crippen molar-refractivity contribution in [3.63, 3.8) is 0 Å². The average molecular weight is 677 g/mol. The molecule has 0 fully saturated rings. The van der Waals surface area contributed by atoms with Gasteiger partial charge in [-0.05, 0) is 53.9 Å². The van der Waals surface area contributed by atoms with Gasteiger partial charge in [0.05, 0.1) is 33.3 Å². The van der Waals surface area contributed by atoms with E-state index in [1.807, 2.05) is 12.1 Å². The predicted molar refractivity (Wildman–Crippen MR) is 218 cm³/mol. The predicted octanol–water partition coefficient (Wildman–Crippen LogP) is 12.5. The van der Waals surface area contributed by atoms with Crippen molar-refractivity contribution in [2.75, 3.05) is 0 Å². The number of furan rings is 1. The first-order valence-corrected chi connectivity index (χ1v) is 17.9. The van der Waals surface area contributed by atoms with Crippen molar-refractivity contribution in [2.45, 2.75) is 0 Å². The molecule has 4 aromatic heterocycles. The summed E-state index contributed by atoms with van der Waals surface area (Å²) in [5, 5.41) is 10.2. The Hall–Kier alpha value is -7.24. The quantitative estimate of drug-likeness (QED) is 0.175. The van der Waals surface area contributed by atoms with Gasteiger partial charge in [0.15, 0.2) is 0 Å². The summed E-state index contributed by atoms with van der Waals surface area (Å²) in [6.45, 7) is 0. The summed E-state index contributed by atoms with van der Waals surface area (Å²) in [5.74, 6) is 0.642. The first kappa shape index (κ1) is 28.5. The summed E-state index contributed by atoms with van der Waals surface area (Å²) in [6, 6.07) is 59.9. The van der Waals surface area contributed by atoms with Crippen LogP contribution in [0.2, 0.25) is 0 Å². The summed E-state index contributed by atoms with van der Waals surface area (Å²) in [7, 11) is 0. The second-order valence-electron chi connectivity index (χ2n) is 13.7. The lowest BCUT2D eigenvalue weighted by Crippen LogP contribution is -2.04. The van der Waals surface area contributed by atoms with Crippen LogP contribution in [0.5, 0.6) is 0 Å². The van der Waals surface area contributed by atoms with E-state index in [1.54, 1.807) is 0 Å². The van der Waals surface area contributed by atoms with Crippen LogP contribution in [0.1, 0.15) is 0 Å². The number of benzene rings is 8. The maximum Gasteiger partial charge on any atom is 0.235 e. The molecule has 12 aromatic rings. The zero-order valence-corrected chi connectivity index (χ0v) is 28.4. The van der Waals surface area contributed by atoms with Gasteiger partial charge in [0, 0.05) is 54.3 Å². The zero-order chi connectivity index (χ0) is 34.6. The number of nitrogens with zero attached hydrogens (tertiary/aromatic N) is 4. The summed E-state index contributed by atoms with van der Waals surface area (Å²) < 4.78 is 11.1. The van der Waals surface area contributed by atoms with Crippen LogP contribution in [0.3, 0.4) is 0 Å². The number of fused-ring (bicyclic) bond motifs is 14. The van der Waals surface area contributed by atoms with Gasteiger partial charge in [-0.3, -0.25) is 4.57 Å². The van der Waals surface area contributed by atoms with Crippen LogP contribution in [0.15, 0.2) is 174 Å². The van der Waals surface area contributed by atoms with E-state index in [0.29, 0.717) is 5.95 Å². The Bertz CT molecular complexity index is 3450. The normalized spacial score (nSPS) is 12.2. The highest BCUT2D eigenvalue weighted by molar-refractivity contribution is 6.33. The Morgan fingerprint density at radius 2 is 1.08 bits per heavy atom. The SMILES string of the molecule is c1ccc(-c2nc(-n3c4ccccc4c4c3ccc3c5c6c(ccc5n(-c5ccccc5)c34)oc3ccccc36)nc3c2ccc2ccccc23)cc1. The second kappa shape index (κ2) is 10.6. The van der Waals surface area contributed by atoms with Crippen molar-refractivity contribution >= 4 is 87.2 Å². The van der Waals surface area contributed by atoms with Crippen LogP contribution in [-0.2, 0) is 0 Å². The Labute approximate surface area is 302 Å². The lowest BCUT2D eigenvalue weighted by Gasteiger charge is -2.13. The third kappa shape index (κ3) is 3.91. The third-order valence-electron chi connectivity index (χ3n) is 10.9. The van der Waals surface area contributed by atoms with Crippen molar-refractivity contribution in [2.24, 2.45) is 0 Å². The van der Waals surface area contributed by atoms with Gasteiger partial charge >= 0.3 is 0 Å². The highest BCUT2D eigenvalue weighted by atomic mass is 16.3. The van der Waals surface area contributed by atoms with Crippen LogP contribution in [0.25, 0.3) is 110 Å². The fourth-order valence-corrected chi connectivity index (χ4v) is 8.69. The minimum atomic E-state index is 0.642. The van der Waals surface area contributed by atoms with Crippen LogP contribution in [0.4, 0.5) is 0 Å². The standard InChI is InChI=1S/C48H28N4O/c1-3-14-30(15-4-1)45-36-24-23-29-13-7-8-18-32(29)46(36)50-48(49-45)52-37-21-11-9-19-33(37)43-39(52)26-25-35-42-38(51(47(35)43)31-16-5-2-6-17-31)27-28-41-44(42)34-20-10-12-22-40(34)53-41/h1-28H. The van der Waals surface area contributed by atoms with E-state index in [4.69, 9.17) is 14.4 Å². The number of rotatable bonds is 3. The third-order valence-corrected chi connectivity index (χ3v) is 10.9. The molecule has 0 saturated carbocycles. The maximum absolute atomic E-state index is 6.43. The zero-order valence-electron chi connectivity index (χ0n) is 28.4. The first-order valence-electron chi connectivity index (χ1n) is 17.9. The fraction of sp³-hybridized carbons (Fsp3) is 0. The summed E-state index contributed by atoms with van der Waals surface area (Å²) in [5.41, 5.74) is 10.2. The Kier molecular flexibility index (Phi) is 5.71. The fourth-order valence-electron chi connectivity index (χ4n) is 8.69. The number of hydrogen-bond acceptors (Lipinski definition) is 3. The molecule has 0 amide bonds. The van der Waals surface area contributed by atoms with Crippen molar-refractivity contribution in [3.8, 4) is 22.9 Å². The van der Waals surface area contributed by atoms with E-state index in [9.17, 15) is 0 Å². The molecule has 0 aliphatic rings. The van der Waals surface area contributed by atoms with Gasteiger partial charge in [-0.15, -0.1) is 0 Å². The molecule has 0 bridgehead atoms. The second-order valence-corrected chi connectivity index (χ2v) is 13.7. The molecule has 246 valence electrons. The maximum atomic E-state index is 6.43. The van der Waals surface area contributed by atoms with Crippen LogP contribution in [0, 0.1) is 0 Å². The molecule has 0 radical (unpaired) electrons. The van der Waals surface area contributed by atoms with Crippen LogP contribution >= 0.6 is 0 Å². The number of para-hydroxylation sites is 3. The molecule has 12 rings (SSSR count). The molecular weight excluding hydrogens is 649 g/mol. The lowest BCUT2D eigenvalue weighted by molar-refractivity contribution is 0.669. The highest BCUT2D eigenvalue weighted by Crippen LogP contribution is 2.46. The van der Waals surface area contributed by atoms with E-state index in [-0.39, 0.29) is 0 Å². The first-order chi connectivity index (χ1) is 26.3. The Morgan fingerprint density at radius 3 is 1.94 bits per heavy atom. The highest BCUT2D eigenvalue weighted by Gasteiger charge is 2.25. The molecule has 53 heavy (non-hydrogen) atoms. The van der Waals surface area contributed by atoms with Gasteiger partial charge in [0.2, 0.25) is 5.95 Å². The van der Waals surface area contributed by atoms with Gasteiger partial charge in [0.1, 0.15) is 11.2 Å². The van der Waals surface area contributed by atoms with Crippen molar-refractivity contribution in [3.05, 3.63) is 170 Å². The molecule has 4 heterocycles. The summed E-state index contributed by atoms with van der Waals surface area (Å²) >= 11 is 0. The van der Waals surface area contributed by atoms with E-state index in [2.05, 4.69) is 167 Å². The number of aromatic nitrogens is 4. The molecule has 0 spiro atoms. The van der Waals surface area contributed by atoms with Crippen molar-refractivity contribution in [1.29, 1.82) is 0 Å². The molecule has 0 aliphatic heterocycles. The monoisotopic (exact) mass is 676 g/mol. The molecule has 0 unspecified atom stereocenters. The van der Waals surface area contributed by atoms with Crippen molar-refractivity contribution < 1.29 is 4.42 Å². The largest absolute Gasteiger partial charge is 0.456 e. The van der Waals surface area contributed by atoms with Gasteiger partial charge < -0.3 is 8.98 Å². The van der Waals surface area contributed by atoms with E-state index in [1.165, 1.54) is 10.8 Å². The van der Waals surface area contributed by atoms with Crippen LogP contribution < -0.4 is 0 Å².